The molecule has 3 heteroatoms. The molecule has 0 saturated carbocycles. The molecule has 0 aliphatic carbocycles. The SMILES string of the molecule is CC(C)(CBr)CN1CCSC(C)(C)CC1. The summed E-state index contributed by atoms with van der Waals surface area (Å²) in [6.07, 6.45) is 1.32. The summed E-state index contributed by atoms with van der Waals surface area (Å²) in [5.41, 5.74) is 0.402. The van der Waals surface area contributed by atoms with Crippen LogP contribution in [0.1, 0.15) is 34.1 Å². The third kappa shape index (κ3) is 5.10. The zero-order valence-electron chi connectivity index (χ0n) is 10.5. The van der Waals surface area contributed by atoms with Gasteiger partial charge in [0.1, 0.15) is 0 Å². The molecular formula is C12H24BrNS. The molecule has 0 N–H and O–H groups in total. The van der Waals surface area contributed by atoms with Crippen molar-refractivity contribution in [2.24, 2.45) is 5.41 Å². The van der Waals surface area contributed by atoms with E-state index in [4.69, 9.17) is 0 Å². The lowest BCUT2D eigenvalue weighted by molar-refractivity contribution is 0.202. The van der Waals surface area contributed by atoms with Gasteiger partial charge in [-0.3, -0.25) is 0 Å². The molecule has 0 aromatic heterocycles. The van der Waals surface area contributed by atoms with E-state index in [1.165, 1.54) is 31.8 Å². The Morgan fingerprint density at radius 1 is 1.33 bits per heavy atom. The normalized spacial score (nSPS) is 23.8. The summed E-state index contributed by atoms with van der Waals surface area (Å²) in [6.45, 7) is 13.2. The van der Waals surface area contributed by atoms with E-state index in [2.05, 4.69) is 60.3 Å². The third-order valence-corrected chi connectivity index (χ3v) is 5.83. The molecule has 90 valence electrons. The van der Waals surface area contributed by atoms with E-state index in [0.717, 1.165) is 5.33 Å². The highest BCUT2D eigenvalue weighted by Gasteiger charge is 2.26. The minimum atomic E-state index is 0.402. The largest absolute Gasteiger partial charge is 0.302 e. The first-order chi connectivity index (χ1) is 6.85. The average molecular weight is 294 g/mol. The molecule has 0 aromatic rings. The summed E-state index contributed by atoms with van der Waals surface area (Å²) in [5, 5.41) is 1.09. The van der Waals surface area contributed by atoms with E-state index in [1.54, 1.807) is 0 Å². The van der Waals surface area contributed by atoms with Gasteiger partial charge in [-0.15, -0.1) is 0 Å². The number of hydrogen-bond donors (Lipinski definition) is 0. The Kier molecular flexibility index (Phi) is 5.00. The molecule has 1 rings (SSSR count). The first-order valence-corrected chi connectivity index (χ1v) is 7.88. The van der Waals surface area contributed by atoms with Gasteiger partial charge in [-0.05, 0) is 18.4 Å². The van der Waals surface area contributed by atoms with Crippen LogP contribution in [0.15, 0.2) is 0 Å². The van der Waals surface area contributed by atoms with Gasteiger partial charge in [0.2, 0.25) is 0 Å². The fourth-order valence-electron chi connectivity index (χ4n) is 1.87. The van der Waals surface area contributed by atoms with Crippen molar-refractivity contribution in [3.63, 3.8) is 0 Å². The van der Waals surface area contributed by atoms with Gasteiger partial charge in [0.05, 0.1) is 0 Å². The van der Waals surface area contributed by atoms with E-state index in [9.17, 15) is 0 Å². The van der Waals surface area contributed by atoms with Crippen LogP contribution in [-0.4, -0.2) is 40.4 Å². The summed E-state index contributed by atoms with van der Waals surface area (Å²) in [7, 11) is 0. The van der Waals surface area contributed by atoms with E-state index in [-0.39, 0.29) is 0 Å². The predicted octanol–water partition coefficient (Wildman–Crippen LogP) is 3.63. The number of alkyl halides is 1. The Bertz CT molecular complexity index is 204. The second-order valence-corrected chi connectivity index (χ2v) is 8.29. The third-order valence-electron chi connectivity index (χ3n) is 2.94. The summed E-state index contributed by atoms with van der Waals surface area (Å²) < 4.78 is 0.479. The smallest absolute Gasteiger partial charge is 0.0116 e. The second kappa shape index (κ2) is 5.42. The number of halogens is 1. The van der Waals surface area contributed by atoms with Crippen molar-refractivity contribution in [3.05, 3.63) is 0 Å². The zero-order chi connectivity index (χ0) is 11.5. The van der Waals surface area contributed by atoms with Crippen molar-refractivity contribution < 1.29 is 0 Å². The van der Waals surface area contributed by atoms with Gasteiger partial charge >= 0.3 is 0 Å². The number of nitrogens with zero attached hydrogens (tertiary/aromatic N) is 1. The standard InChI is InChI=1S/C12H24BrNS/c1-11(2,9-13)10-14-6-5-12(3,4)15-8-7-14/h5-10H2,1-4H3. The van der Waals surface area contributed by atoms with Gasteiger partial charge in [0.25, 0.3) is 0 Å². The molecule has 15 heavy (non-hydrogen) atoms. The Morgan fingerprint density at radius 3 is 2.60 bits per heavy atom. The van der Waals surface area contributed by atoms with Gasteiger partial charge in [0.15, 0.2) is 0 Å². The molecule has 0 bridgehead atoms. The molecule has 1 aliphatic heterocycles. The second-order valence-electron chi connectivity index (χ2n) is 5.93. The molecule has 0 spiro atoms. The molecule has 0 amide bonds. The van der Waals surface area contributed by atoms with Crippen LogP contribution in [0, 0.1) is 5.41 Å². The first-order valence-electron chi connectivity index (χ1n) is 5.77. The van der Waals surface area contributed by atoms with E-state index in [0.29, 0.717) is 10.2 Å². The number of hydrogen-bond acceptors (Lipinski definition) is 2. The van der Waals surface area contributed by atoms with Gasteiger partial charge in [-0.25, -0.2) is 0 Å². The maximum atomic E-state index is 3.61. The average Bonchev–Trinajstić information content (AvgIpc) is 2.28. The van der Waals surface area contributed by atoms with Crippen LogP contribution >= 0.6 is 27.7 Å². The van der Waals surface area contributed by atoms with Crippen molar-refractivity contribution in [1.29, 1.82) is 0 Å². The van der Waals surface area contributed by atoms with Gasteiger partial charge < -0.3 is 4.90 Å². The molecule has 0 atom stereocenters. The van der Waals surface area contributed by atoms with E-state index in [1.807, 2.05) is 0 Å². The number of thioether (sulfide) groups is 1. The summed E-state index contributed by atoms with van der Waals surface area (Å²) >= 11 is 5.73. The monoisotopic (exact) mass is 293 g/mol. The van der Waals surface area contributed by atoms with Crippen LogP contribution in [0.3, 0.4) is 0 Å². The molecule has 1 heterocycles. The molecule has 0 unspecified atom stereocenters. The number of rotatable bonds is 3. The van der Waals surface area contributed by atoms with E-state index < -0.39 is 0 Å². The lowest BCUT2D eigenvalue weighted by Gasteiger charge is -2.30. The predicted molar refractivity (Wildman–Crippen MR) is 75.2 cm³/mol. The quantitative estimate of drug-likeness (QED) is 0.731. The minimum Gasteiger partial charge on any atom is -0.302 e. The minimum absolute atomic E-state index is 0.402. The van der Waals surface area contributed by atoms with Crippen molar-refractivity contribution >= 4 is 27.7 Å². The zero-order valence-corrected chi connectivity index (χ0v) is 12.9. The molecule has 0 aromatic carbocycles. The highest BCUT2D eigenvalue weighted by molar-refractivity contribution is 9.09. The first kappa shape index (κ1) is 13.9. The van der Waals surface area contributed by atoms with Gasteiger partial charge in [-0.2, -0.15) is 11.8 Å². The van der Waals surface area contributed by atoms with Gasteiger partial charge in [0, 0.05) is 28.9 Å². The van der Waals surface area contributed by atoms with Crippen LogP contribution in [0.25, 0.3) is 0 Å². The maximum absolute atomic E-state index is 3.61. The summed E-state index contributed by atoms with van der Waals surface area (Å²) in [6, 6.07) is 0. The van der Waals surface area contributed by atoms with Crippen molar-refractivity contribution in [2.45, 2.75) is 38.9 Å². The highest BCUT2D eigenvalue weighted by Crippen LogP contribution is 2.31. The van der Waals surface area contributed by atoms with Crippen LogP contribution in [0.5, 0.6) is 0 Å². The molecule has 1 saturated heterocycles. The summed E-state index contributed by atoms with van der Waals surface area (Å²) in [5.74, 6) is 1.28. The molecule has 0 radical (unpaired) electrons. The van der Waals surface area contributed by atoms with Crippen molar-refractivity contribution in [3.8, 4) is 0 Å². The fraction of sp³-hybridized carbons (Fsp3) is 1.00. The Labute approximate surface area is 107 Å². The molecule has 1 fully saturated rings. The van der Waals surface area contributed by atoms with Crippen molar-refractivity contribution in [1.82, 2.24) is 4.90 Å². The molecular weight excluding hydrogens is 270 g/mol. The Hall–Kier alpha value is 0.790. The lowest BCUT2D eigenvalue weighted by Crippen LogP contribution is -2.37. The van der Waals surface area contributed by atoms with Crippen LogP contribution < -0.4 is 0 Å². The van der Waals surface area contributed by atoms with Gasteiger partial charge in [-0.1, -0.05) is 43.6 Å². The highest BCUT2D eigenvalue weighted by atomic mass is 79.9. The lowest BCUT2D eigenvalue weighted by atomic mass is 9.95. The Morgan fingerprint density at radius 2 is 2.00 bits per heavy atom. The molecule has 1 aliphatic rings. The molecule has 1 nitrogen and oxygen atoms in total. The fourth-order valence-corrected chi connectivity index (χ4v) is 3.18. The van der Waals surface area contributed by atoms with Crippen molar-refractivity contribution in [2.75, 3.05) is 30.7 Å². The van der Waals surface area contributed by atoms with Crippen LogP contribution in [-0.2, 0) is 0 Å². The topological polar surface area (TPSA) is 3.24 Å². The van der Waals surface area contributed by atoms with Crippen LogP contribution in [0.4, 0.5) is 0 Å². The Balaban J connectivity index is 2.45. The van der Waals surface area contributed by atoms with Crippen LogP contribution in [0.2, 0.25) is 0 Å². The summed E-state index contributed by atoms with van der Waals surface area (Å²) in [4.78, 5) is 2.63. The van der Waals surface area contributed by atoms with E-state index >= 15 is 0 Å². The maximum Gasteiger partial charge on any atom is 0.0116 e.